The monoisotopic (exact) mass is 277 g/mol. The third-order valence-corrected chi connectivity index (χ3v) is 3.29. The van der Waals surface area contributed by atoms with Crippen molar-refractivity contribution in [1.29, 1.82) is 0 Å². The van der Waals surface area contributed by atoms with Gasteiger partial charge in [0.05, 0.1) is 6.17 Å². The summed E-state index contributed by atoms with van der Waals surface area (Å²) in [7, 11) is 6.40. The SMILES string of the molecule is C.CC.CC[C@H](C(NC)N1CCNCC1)N(C)C.N. The Bertz CT molecular complexity index is 169. The highest BCUT2D eigenvalue weighted by atomic mass is 15.3. The maximum Gasteiger partial charge on any atom is 0.0755 e. The summed E-state index contributed by atoms with van der Waals surface area (Å²) in [4.78, 5) is 4.87. The molecule has 0 radical (unpaired) electrons. The molecule has 0 aliphatic carbocycles. The van der Waals surface area contributed by atoms with Gasteiger partial charge >= 0.3 is 0 Å². The molecule has 1 aliphatic rings. The van der Waals surface area contributed by atoms with Crippen molar-refractivity contribution in [3.8, 4) is 0 Å². The fraction of sp³-hybridized carbons (Fsp3) is 1.00. The molecule has 1 fully saturated rings. The maximum atomic E-state index is 3.46. The van der Waals surface area contributed by atoms with E-state index in [0.717, 1.165) is 26.2 Å². The summed E-state index contributed by atoms with van der Waals surface area (Å²) in [5, 5.41) is 6.86. The lowest BCUT2D eigenvalue weighted by Gasteiger charge is -2.41. The van der Waals surface area contributed by atoms with Crippen LogP contribution in [0.25, 0.3) is 0 Å². The van der Waals surface area contributed by atoms with Gasteiger partial charge in [-0.3, -0.25) is 4.90 Å². The minimum atomic E-state index is 0. The molecule has 0 saturated carbocycles. The molecule has 0 aromatic heterocycles. The first-order chi connectivity index (χ1) is 8.20. The number of nitrogens with zero attached hydrogens (tertiary/aromatic N) is 2. The molecule has 1 heterocycles. The second-order valence-corrected chi connectivity index (χ2v) is 4.46. The molecule has 5 N–H and O–H groups in total. The number of likely N-dealkylation sites (N-methyl/N-ethyl adjacent to an activating group) is 2. The summed E-state index contributed by atoms with van der Waals surface area (Å²) >= 11 is 0. The molecule has 2 atom stereocenters. The standard InChI is InChI=1S/C11H26N4.C2H6.CH4.H3N/c1-5-10(14(3)4)11(12-2)15-8-6-13-7-9-15;1-2;;/h10-13H,5-9H2,1-4H3;1-2H3;1H4;1H3/t10-,11?;;;/m1.../s1. The number of nitrogens with one attached hydrogen (secondary N) is 2. The Labute approximate surface area is 121 Å². The van der Waals surface area contributed by atoms with Crippen LogP contribution in [0.4, 0.5) is 0 Å². The third-order valence-electron chi connectivity index (χ3n) is 3.29. The van der Waals surface area contributed by atoms with Gasteiger partial charge in [-0.15, -0.1) is 0 Å². The van der Waals surface area contributed by atoms with Crippen molar-refractivity contribution in [2.45, 2.75) is 46.8 Å². The Morgan fingerprint density at radius 1 is 1.21 bits per heavy atom. The highest BCUT2D eigenvalue weighted by Crippen LogP contribution is 2.10. The van der Waals surface area contributed by atoms with E-state index in [1.165, 1.54) is 6.42 Å². The Hall–Kier alpha value is -0.200. The molecule has 0 bridgehead atoms. The van der Waals surface area contributed by atoms with Gasteiger partial charge in [0, 0.05) is 32.2 Å². The van der Waals surface area contributed by atoms with Crippen LogP contribution >= 0.6 is 0 Å². The molecule has 0 aromatic carbocycles. The first-order valence-electron chi connectivity index (χ1n) is 6.99. The summed E-state index contributed by atoms with van der Waals surface area (Å²) in [6.45, 7) is 10.8. The van der Waals surface area contributed by atoms with Crippen LogP contribution < -0.4 is 16.8 Å². The first kappa shape index (κ1) is 23.9. The van der Waals surface area contributed by atoms with Gasteiger partial charge in [-0.05, 0) is 27.6 Å². The topological polar surface area (TPSA) is 65.5 Å². The van der Waals surface area contributed by atoms with E-state index >= 15 is 0 Å². The van der Waals surface area contributed by atoms with Crippen LogP contribution in [-0.4, -0.2) is 69.3 Å². The molecule has 5 nitrogen and oxygen atoms in total. The fourth-order valence-electron chi connectivity index (χ4n) is 2.45. The van der Waals surface area contributed by atoms with Crippen molar-refractivity contribution in [3.05, 3.63) is 0 Å². The lowest BCUT2D eigenvalue weighted by Crippen LogP contribution is -2.60. The summed E-state index contributed by atoms with van der Waals surface area (Å²) in [6.07, 6.45) is 1.66. The van der Waals surface area contributed by atoms with E-state index in [9.17, 15) is 0 Å². The zero-order valence-corrected chi connectivity index (χ0v) is 13.3. The molecule has 1 unspecified atom stereocenters. The van der Waals surface area contributed by atoms with E-state index < -0.39 is 0 Å². The number of hydrogen-bond acceptors (Lipinski definition) is 5. The highest BCUT2D eigenvalue weighted by molar-refractivity contribution is 4.83. The van der Waals surface area contributed by atoms with E-state index in [1.807, 2.05) is 13.8 Å². The van der Waals surface area contributed by atoms with E-state index in [0.29, 0.717) is 12.2 Å². The third kappa shape index (κ3) is 7.84. The zero-order chi connectivity index (χ0) is 13.3. The van der Waals surface area contributed by atoms with Gasteiger partial charge in [0.1, 0.15) is 0 Å². The predicted octanol–water partition coefficient (Wildman–Crippen LogP) is 1.60. The second kappa shape index (κ2) is 14.2. The smallest absolute Gasteiger partial charge is 0.0755 e. The van der Waals surface area contributed by atoms with Gasteiger partial charge in [0.25, 0.3) is 0 Å². The lowest BCUT2D eigenvalue weighted by molar-refractivity contribution is 0.0751. The average molecular weight is 278 g/mol. The Kier molecular flexibility index (Phi) is 17.9. The highest BCUT2D eigenvalue weighted by Gasteiger charge is 2.27. The van der Waals surface area contributed by atoms with E-state index in [2.05, 4.69) is 48.5 Å². The van der Waals surface area contributed by atoms with E-state index in [4.69, 9.17) is 0 Å². The van der Waals surface area contributed by atoms with Crippen molar-refractivity contribution in [3.63, 3.8) is 0 Å². The molecule has 120 valence electrons. The van der Waals surface area contributed by atoms with Crippen LogP contribution in [-0.2, 0) is 0 Å². The lowest BCUT2D eigenvalue weighted by atomic mass is 10.1. The molecule has 0 aromatic rings. The predicted molar refractivity (Wildman–Crippen MR) is 88.2 cm³/mol. The minimum Gasteiger partial charge on any atom is -0.344 e. The molecule has 1 saturated heterocycles. The van der Waals surface area contributed by atoms with Gasteiger partial charge in [-0.25, -0.2) is 0 Å². The minimum absolute atomic E-state index is 0. The van der Waals surface area contributed by atoms with Crippen molar-refractivity contribution < 1.29 is 0 Å². The maximum absolute atomic E-state index is 3.46. The Morgan fingerprint density at radius 2 is 1.68 bits per heavy atom. The van der Waals surface area contributed by atoms with Crippen LogP contribution in [0.5, 0.6) is 0 Å². The molecular formula is C14H39N5. The van der Waals surface area contributed by atoms with Crippen LogP contribution in [0.3, 0.4) is 0 Å². The van der Waals surface area contributed by atoms with Crippen molar-refractivity contribution in [2.75, 3.05) is 47.3 Å². The second-order valence-electron chi connectivity index (χ2n) is 4.46. The largest absolute Gasteiger partial charge is 0.344 e. The van der Waals surface area contributed by atoms with Crippen LogP contribution in [0.2, 0.25) is 0 Å². The summed E-state index contributed by atoms with van der Waals surface area (Å²) in [6, 6.07) is 0.591. The number of rotatable bonds is 5. The Morgan fingerprint density at radius 3 is 2.00 bits per heavy atom. The number of piperazine rings is 1. The first-order valence-corrected chi connectivity index (χ1v) is 6.99. The summed E-state index contributed by atoms with van der Waals surface area (Å²) in [5.74, 6) is 0. The van der Waals surface area contributed by atoms with Crippen molar-refractivity contribution >= 4 is 0 Å². The van der Waals surface area contributed by atoms with Gasteiger partial charge in [-0.2, -0.15) is 0 Å². The molecule has 1 rings (SSSR count). The number of hydrogen-bond donors (Lipinski definition) is 3. The molecule has 0 amide bonds. The van der Waals surface area contributed by atoms with Crippen LogP contribution in [0.15, 0.2) is 0 Å². The van der Waals surface area contributed by atoms with Crippen LogP contribution in [0, 0.1) is 0 Å². The molecular weight excluding hydrogens is 238 g/mol. The zero-order valence-electron chi connectivity index (χ0n) is 13.3. The van der Waals surface area contributed by atoms with Crippen LogP contribution in [0.1, 0.15) is 34.6 Å². The van der Waals surface area contributed by atoms with Gasteiger partial charge in [-0.1, -0.05) is 28.2 Å². The summed E-state index contributed by atoms with van der Waals surface area (Å²) < 4.78 is 0. The normalized spacial score (nSPS) is 18.5. The van der Waals surface area contributed by atoms with Crippen molar-refractivity contribution in [1.82, 2.24) is 26.6 Å². The van der Waals surface area contributed by atoms with E-state index in [-0.39, 0.29) is 13.6 Å². The van der Waals surface area contributed by atoms with Gasteiger partial charge < -0.3 is 21.7 Å². The molecule has 19 heavy (non-hydrogen) atoms. The van der Waals surface area contributed by atoms with Crippen molar-refractivity contribution in [2.24, 2.45) is 0 Å². The molecule has 0 spiro atoms. The fourth-order valence-corrected chi connectivity index (χ4v) is 2.45. The molecule has 5 heteroatoms. The van der Waals surface area contributed by atoms with Gasteiger partial charge in [0.2, 0.25) is 0 Å². The Balaban J connectivity index is -0.000000609. The van der Waals surface area contributed by atoms with E-state index in [1.54, 1.807) is 0 Å². The summed E-state index contributed by atoms with van der Waals surface area (Å²) in [5.41, 5.74) is 0. The average Bonchev–Trinajstić information content (AvgIpc) is 2.38. The quantitative estimate of drug-likeness (QED) is 0.712. The van der Waals surface area contributed by atoms with Gasteiger partial charge in [0.15, 0.2) is 0 Å². The molecule has 1 aliphatic heterocycles.